The smallest absolute Gasteiger partial charge is 0.300 e. The number of hydrogen-bond acceptors (Lipinski definition) is 1. The molecule has 0 saturated carbocycles. The van der Waals surface area contributed by atoms with E-state index < -0.39 is 25.2 Å². The van der Waals surface area contributed by atoms with Gasteiger partial charge in [-0.1, -0.05) is 64.2 Å². The highest BCUT2D eigenvalue weighted by molar-refractivity contribution is 5.78. The third-order valence-corrected chi connectivity index (χ3v) is 4.83. The van der Waals surface area contributed by atoms with Gasteiger partial charge in [-0.25, -0.2) is 0 Å². The number of alkyl halides is 6. The quantitative estimate of drug-likeness (QED) is 0.161. The number of Topliss-reactive ketones (excluding diaryl/α,β-unsaturated/α-hetero) is 1. The minimum atomic E-state index is -4.04. The second-order valence-electron chi connectivity index (χ2n) is 7.72. The highest BCUT2D eigenvalue weighted by Gasteiger charge is 2.26. The van der Waals surface area contributed by atoms with E-state index in [1.165, 1.54) is 0 Å². The van der Waals surface area contributed by atoms with E-state index >= 15 is 0 Å². The summed E-state index contributed by atoms with van der Waals surface area (Å²) in [5, 5.41) is 0. The number of unbranched alkanes of at least 4 members (excludes halogenated alkanes) is 12. The van der Waals surface area contributed by atoms with Crippen molar-refractivity contribution in [1.82, 2.24) is 0 Å². The SMILES string of the molecule is O=C(CCCCCCCCCC(F)(F)F)CCCCCCCCCC(F)(F)F. The average molecular weight is 419 g/mol. The van der Waals surface area contributed by atoms with E-state index in [4.69, 9.17) is 0 Å². The Kier molecular flexibility index (Phi) is 15.7. The summed E-state index contributed by atoms with van der Waals surface area (Å²) in [6.07, 6.45) is 2.31. The molecule has 0 atom stereocenters. The standard InChI is InChI=1S/C21H36F6O/c22-20(23,24)17-13-9-5-1-3-7-11-15-19(28)16-12-8-4-2-6-10-14-18-21(25,26)27/h1-18H2. The fraction of sp³-hybridized carbons (Fsp3) is 0.952. The van der Waals surface area contributed by atoms with E-state index in [0.717, 1.165) is 64.2 Å². The first-order chi connectivity index (χ1) is 13.1. The number of carbonyl (C=O) groups excluding carboxylic acids is 1. The van der Waals surface area contributed by atoms with E-state index in [-0.39, 0.29) is 18.6 Å². The maximum atomic E-state index is 12.0. The Labute approximate surface area is 165 Å². The molecule has 0 aromatic carbocycles. The topological polar surface area (TPSA) is 17.1 Å². The number of halogens is 6. The van der Waals surface area contributed by atoms with Gasteiger partial charge in [0.25, 0.3) is 0 Å². The number of carbonyl (C=O) groups is 1. The van der Waals surface area contributed by atoms with Gasteiger partial charge in [0.05, 0.1) is 0 Å². The van der Waals surface area contributed by atoms with Crippen molar-refractivity contribution in [2.24, 2.45) is 0 Å². The van der Waals surface area contributed by atoms with E-state index in [1.54, 1.807) is 0 Å². The molecule has 0 aromatic rings. The summed E-state index contributed by atoms with van der Waals surface area (Å²) < 4.78 is 71.8. The predicted octanol–water partition coefficient (Wildman–Crippen LogP) is 8.70. The first-order valence-corrected chi connectivity index (χ1v) is 10.8. The van der Waals surface area contributed by atoms with Gasteiger partial charge in [-0.2, -0.15) is 26.3 Å². The zero-order chi connectivity index (χ0) is 21.3. The van der Waals surface area contributed by atoms with Crippen LogP contribution >= 0.6 is 0 Å². The zero-order valence-corrected chi connectivity index (χ0v) is 16.9. The second-order valence-corrected chi connectivity index (χ2v) is 7.72. The van der Waals surface area contributed by atoms with Crippen molar-refractivity contribution in [2.45, 2.75) is 128 Å². The van der Waals surface area contributed by atoms with E-state index in [9.17, 15) is 31.1 Å². The first kappa shape index (κ1) is 27.2. The molecule has 0 amide bonds. The van der Waals surface area contributed by atoms with Crippen LogP contribution in [0.4, 0.5) is 26.3 Å². The predicted molar refractivity (Wildman–Crippen MR) is 100 cm³/mol. The lowest BCUT2D eigenvalue weighted by atomic mass is 10.0. The van der Waals surface area contributed by atoms with Crippen LogP contribution in [0, 0.1) is 0 Å². The molecule has 0 spiro atoms. The summed E-state index contributed by atoms with van der Waals surface area (Å²) in [6.45, 7) is 0. The van der Waals surface area contributed by atoms with Crippen LogP contribution < -0.4 is 0 Å². The molecule has 0 aliphatic carbocycles. The van der Waals surface area contributed by atoms with Gasteiger partial charge < -0.3 is 0 Å². The van der Waals surface area contributed by atoms with Crippen LogP contribution in [0.2, 0.25) is 0 Å². The molecule has 0 aromatic heterocycles. The van der Waals surface area contributed by atoms with Crippen molar-refractivity contribution in [2.75, 3.05) is 0 Å². The Balaban J connectivity index is 3.26. The van der Waals surface area contributed by atoms with Gasteiger partial charge in [-0.3, -0.25) is 4.79 Å². The van der Waals surface area contributed by atoms with Gasteiger partial charge in [0.2, 0.25) is 0 Å². The molecule has 0 bridgehead atoms. The molecule has 0 unspecified atom stereocenters. The number of ketones is 1. The molecule has 0 rings (SSSR count). The van der Waals surface area contributed by atoms with Gasteiger partial charge in [0.1, 0.15) is 5.78 Å². The van der Waals surface area contributed by atoms with E-state index in [2.05, 4.69) is 0 Å². The van der Waals surface area contributed by atoms with Gasteiger partial charge in [0, 0.05) is 25.7 Å². The van der Waals surface area contributed by atoms with Crippen molar-refractivity contribution in [1.29, 1.82) is 0 Å². The molecule has 1 nitrogen and oxygen atoms in total. The minimum absolute atomic E-state index is 0.204. The molecule has 0 saturated heterocycles. The van der Waals surface area contributed by atoms with Gasteiger partial charge in [-0.05, 0) is 25.7 Å². The molecular weight excluding hydrogens is 382 g/mol. The van der Waals surface area contributed by atoms with Crippen molar-refractivity contribution in [3.63, 3.8) is 0 Å². The van der Waals surface area contributed by atoms with Crippen LogP contribution in [0.3, 0.4) is 0 Å². The van der Waals surface area contributed by atoms with Crippen LogP contribution in [0.1, 0.15) is 116 Å². The molecule has 0 N–H and O–H groups in total. The Morgan fingerprint density at radius 1 is 0.429 bits per heavy atom. The van der Waals surface area contributed by atoms with Crippen molar-refractivity contribution in [3.8, 4) is 0 Å². The lowest BCUT2D eigenvalue weighted by Gasteiger charge is -2.06. The fourth-order valence-corrected chi connectivity index (χ4v) is 3.19. The molecule has 7 heteroatoms. The zero-order valence-electron chi connectivity index (χ0n) is 16.9. The van der Waals surface area contributed by atoms with E-state index in [0.29, 0.717) is 25.7 Å². The van der Waals surface area contributed by atoms with Crippen LogP contribution in [-0.2, 0) is 4.79 Å². The third-order valence-electron chi connectivity index (χ3n) is 4.83. The molecule has 168 valence electrons. The van der Waals surface area contributed by atoms with E-state index in [1.807, 2.05) is 0 Å². The van der Waals surface area contributed by atoms with Gasteiger partial charge in [-0.15, -0.1) is 0 Å². The van der Waals surface area contributed by atoms with Crippen LogP contribution in [0.5, 0.6) is 0 Å². The number of hydrogen-bond donors (Lipinski definition) is 0. The van der Waals surface area contributed by atoms with Gasteiger partial charge in [0.15, 0.2) is 0 Å². The Bertz CT molecular complexity index is 342. The molecule has 0 radical (unpaired) electrons. The largest absolute Gasteiger partial charge is 0.389 e. The summed E-state index contributed by atoms with van der Waals surface area (Å²) in [5.74, 6) is 0.260. The monoisotopic (exact) mass is 418 g/mol. The summed E-state index contributed by atoms with van der Waals surface area (Å²) in [4.78, 5) is 11.8. The van der Waals surface area contributed by atoms with Crippen LogP contribution in [-0.4, -0.2) is 18.1 Å². The van der Waals surface area contributed by atoms with Crippen LogP contribution in [0.15, 0.2) is 0 Å². The molecule has 28 heavy (non-hydrogen) atoms. The minimum Gasteiger partial charge on any atom is -0.300 e. The molecule has 0 fully saturated rings. The maximum Gasteiger partial charge on any atom is 0.389 e. The lowest BCUT2D eigenvalue weighted by molar-refractivity contribution is -0.136. The molecule has 0 aliphatic heterocycles. The second kappa shape index (κ2) is 16.1. The Morgan fingerprint density at radius 3 is 0.964 bits per heavy atom. The molecule has 0 heterocycles. The number of rotatable bonds is 18. The van der Waals surface area contributed by atoms with Gasteiger partial charge >= 0.3 is 12.4 Å². The van der Waals surface area contributed by atoms with Crippen LogP contribution in [0.25, 0.3) is 0 Å². The fourth-order valence-electron chi connectivity index (χ4n) is 3.19. The Morgan fingerprint density at radius 2 is 0.679 bits per heavy atom. The molecule has 0 aliphatic rings. The highest BCUT2D eigenvalue weighted by Crippen LogP contribution is 2.24. The maximum absolute atomic E-state index is 12.0. The van der Waals surface area contributed by atoms with Crippen molar-refractivity contribution < 1.29 is 31.1 Å². The molecular formula is C21H36F6O. The third kappa shape index (κ3) is 23.3. The lowest BCUT2D eigenvalue weighted by Crippen LogP contribution is -2.06. The normalized spacial score (nSPS) is 12.5. The Hall–Kier alpha value is -0.750. The summed E-state index contributed by atoms with van der Waals surface area (Å²) >= 11 is 0. The summed E-state index contributed by atoms with van der Waals surface area (Å²) in [6, 6.07) is 0. The van der Waals surface area contributed by atoms with Crippen molar-refractivity contribution >= 4 is 5.78 Å². The first-order valence-electron chi connectivity index (χ1n) is 10.8. The average Bonchev–Trinajstić information content (AvgIpc) is 2.57. The highest BCUT2D eigenvalue weighted by atomic mass is 19.4. The van der Waals surface area contributed by atoms with Crippen molar-refractivity contribution in [3.05, 3.63) is 0 Å². The summed E-state index contributed by atoms with van der Waals surface area (Å²) in [5.41, 5.74) is 0. The summed E-state index contributed by atoms with van der Waals surface area (Å²) in [7, 11) is 0.